The third kappa shape index (κ3) is 6.87. The summed E-state index contributed by atoms with van der Waals surface area (Å²) in [5.74, 6) is 1.66. The highest BCUT2D eigenvalue weighted by atomic mass is 32.1. The third-order valence-corrected chi connectivity index (χ3v) is 18.2. The number of aryl methyl sites for hydroxylation is 8. The van der Waals surface area contributed by atoms with E-state index in [1.54, 1.807) is 14.2 Å². The molecule has 64 heavy (non-hydrogen) atoms. The van der Waals surface area contributed by atoms with E-state index in [1.807, 2.05) is 69.6 Å². The summed E-state index contributed by atoms with van der Waals surface area (Å²) in [5, 5.41) is 3.65. The minimum Gasteiger partial charge on any atom is -0.497 e. The minimum absolute atomic E-state index is 0.829. The summed E-state index contributed by atoms with van der Waals surface area (Å²) in [6.07, 6.45) is 0.860. The van der Waals surface area contributed by atoms with E-state index in [2.05, 4.69) is 167 Å². The number of methoxy groups -OCH3 is 2. The van der Waals surface area contributed by atoms with Gasteiger partial charge in [-0.2, -0.15) is 0 Å². The van der Waals surface area contributed by atoms with Gasteiger partial charge in [0, 0.05) is 41.4 Å². The van der Waals surface area contributed by atoms with Gasteiger partial charge in [-0.1, -0.05) is 87.2 Å². The number of fused-ring (bicyclic) bond motifs is 3. The Bertz CT molecular complexity index is 3070. The summed E-state index contributed by atoms with van der Waals surface area (Å²) in [6, 6.07) is 42.4. The van der Waals surface area contributed by atoms with Crippen LogP contribution in [0.3, 0.4) is 0 Å². The maximum Gasteiger partial charge on any atom is 0.363 e. The van der Waals surface area contributed by atoms with E-state index >= 15 is 0 Å². The van der Waals surface area contributed by atoms with Crippen molar-refractivity contribution in [3.63, 3.8) is 0 Å². The van der Waals surface area contributed by atoms with Gasteiger partial charge < -0.3 is 18.9 Å². The zero-order valence-corrected chi connectivity index (χ0v) is 41.3. The first-order valence-corrected chi connectivity index (χ1v) is 25.1. The van der Waals surface area contributed by atoms with E-state index in [0.717, 1.165) is 28.6 Å². The van der Waals surface area contributed by atoms with Crippen LogP contribution in [0.15, 0.2) is 127 Å². The van der Waals surface area contributed by atoms with Crippen molar-refractivity contribution in [2.75, 3.05) is 19.1 Å². The van der Waals surface area contributed by atoms with Gasteiger partial charge >= 0.3 is 6.28 Å². The van der Waals surface area contributed by atoms with Gasteiger partial charge in [0.1, 0.15) is 17.7 Å². The topological polar surface area (TPSA) is 25.6 Å². The highest BCUT2D eigenvalue weighted by Gasteiger charge is 2.54. The standard InChI is InChI=1S/C55H51BN2O2S4/c1-32-25-34(3)50(35(4)26-32)56(51-36(5)27-33(2)28-37(51)6)46-31-48(63-54(46)55-57(56)23-24-61-55)47-29-39(8)53(62-47)49-30-38(7)52(64-49)40-11-13-41(14-12-40)58(42-15-19-44(59-9)20-16-42)43-17-21-45(60-10)22-18-43/h11-31H,1-10H3. The van der Waals surface area contributed by atoms with Gasteiger partial charge in [-0.15, -0.1) is 50.4 Å². The maximum absolute atomic E-state index is 5.48. The smallest absolute Gasteiger partial charge is 0.363 e. The van der Waals surface area contributed by atoms with Crippen molar-refractivity contribution < 1.29 is 14.0 Å². The molecule has 0 aliphatic carbocycles. The number of benzene rings is 5. The van der Waals surface area contributed by atoms with Crippen LogP contribution >= 0.6 is 45.3 Å². The predicted octanol–water partition coefficient (Wildman–Crippen LogP) is 13.7. The van der Waals surface area contributed by atoms with Crippen LogP contribution in [0.5, 0.6) is 11.5 Å². The van der Waals surface area contributed by atoms with Crippen LogP contribution in [-0.4, -0.2) is 20.5 Å². The highest BCUT2D eigenvalue weighted by molar-refractivity contribution is 7.31. The molecule has 0 N–H and O–H groups in total. The number of anilines is 3. The molecule has 0 unspecified atom stereocenters. The molecule has 9 aromatic rings. The molecule has 0 saturated heterocycles. The number of aromatic nitrogens is 1. The van der Waals surface area contributed by atoms with E-state index in [4.69, 9.17) is 9.47 Å². The average molecular weight is 911 g/mol. The van der Waals surface area contributed by atoms with Gasteiger partial charge in [-0.05, 0) is 145 Å². The number of hydrogen-bond donors (Lipinski definition) is 0. The molecule has 4 aromatic heterocycles. The largest absolute Gasteiger partial charge is 0.497 e. The van der Waals surface area contributed by atoms with Gasteiger partial charge in [0.25, 0.3) is 0 Å². The lowest BCUT2D eigenvalue weighted by molar-refractivity contribution is -0.518. The fraction of sp³-hybridized carbons (Fsp3) is 0.182. The molecule has 320 valence electrons. The second-order valence-electron chi connectivity index (χ2n) is 17.5. The Morgan fingerprint density at radius 2 is 0.906 bits per heavy atom. The van der Waals surface area contributed by atoms with Gasteiger partial charge in [0.05, 0.1) is 24.5 Å². The predicted molar refractivity (Wildman–Crippen MR) is 279 cm³/mol. The highest BCUT2D eigenvalue weighted by Crippen LogP contribution is 2.48. The second kappa shape index (κ2) is 16.4. The van der Waals surface area contributed by atoms with Crippen LogP contribution in [0.1, 0.15) is 44.5 Å². The zero-order chi connectivity index (χ0) is 44.6. The Morgan fingerprint density at radius 3 is 1.42 bits per heavy atom. The molecular formula is C55H51BN2O2S4. The number of thiazole rings is 1. The van der Waals surface area contributed by atoms with Crippen LogP contribution in [0.25, 0.3) is 39.8 Å². The van der Waals surface area contributed by atoms with Crippen molar-refractivity contribution in [1.82, 2.24) is 0 Å². The third-order valence-electron chi connectivity index (χ3n) is 13.1. The number of thiophene rings is 3. The summed E-state index contributed by atoms with van der Waals surface area (Å²) in [5.41, 5.74) is 19.5. The first-order chi connectivity index (χ1) is 30.9. The van der Waals surface area contributed by atoms with Crippen LogP contribution < -0.4 is 35.2 Å². The molecule has 0 saturated carbocycles. The molecule has 1 aliphatic rings. The van der Waals surface area contributed by atoms with E-state index in [1.165, 1.54) is 101 Å². The van der Waals surface area contributed by atoms with Gasteiger partial charge in [-0.25, -0.2) is 0 Å². The Hall–Kier alpha value is -5.71. The van der Waals surface area contributed by atoms with Crippen LogP contribution in [0.4, 0.5) is 17.1 Å². The molecule has 0 radical (unpaired) electrons. The average Bonchev–Trinajstić information content (AvgIpc) is 4.11. The molecule has 0 fully saturated rings. The quantitative estimate of drug-likeness (QED) is 0.128. The van der Waals surface area contributed by atoms with Crippen molar-refractivity contribution in [2.45, 2.75) is 55.4 Å². The summed E-state index contributed by atoms with van der Waals surface area (Å²) in [4.78, 5) is 10.3. The van der Waals surface area contributed by atoms with Crippen LogP contribution in [0, 0.1) is 55.4 Å². The number of rotatable bonds is 10. The normalized spacial score (nSPS) is 12.7. The first-order valence-electron chi connectivity index (χ1n) is 21.8. The summed E-state index contributed by atoms with van der Waals surface area (Å²) in [7, 11) is 3.40. The Balaban J connectivity index is 1.03. The lowest BCUT2D eigenvalue weighted by Gasteiger charge is -2.37. The molecule has 0 amide bonds. The molecule has 4 nitrogen and oxygen atoms in total. The minimum atomic E-state index is -1.50. The number of hydrogen-bond acceptors (Lipinski definition) is 7. The lowest BCUT2D eigenvalue weighted by atomic mass is 9.23. The van der Waals surface area contributed by atoms with Crippen molar-refractivity contribution in [1.29, 1.82) is 0 Å². The van der Waals surface area contributed by atoms with Gasteiger partial charge in [-0.3, -0.25) is 0 Å². The van der Waals surface area contributed by atoms with Crippen molar-refractivity contribution in [3.05, 3.63) is 171 Å². The number of nitrogens with zero attached hydrogens (tertiary/aromatic N) is 2. The van der Waals surface area contributed by atoms with Crippen LogP contribution in [-0.2, 0) is 0 Å². The SMILES string of the molecule is COc1ccc(N(c2ccc(OC)cc2)c2ccc(-c3sc(-c4sc(-c5cc6c(s5)-c5scc[n+]5[B-]6(c5c(C)cc(C)cc5C)c5c(C)cc(C)cc5C)cc4C)cc3C)cc2)cc1. The zero-order valence-electron chi connectivity index (χ0n) is 38.0. The molecule has 1 aliphatic heterocycles. The van der Waals surface area contributed by atoms with Crippen molar-refractivity contribution in [2.24, 2.45) is 0 Å². The Kier molecular flexibility index (Phi) is 10.8. The summed E-state index contributed by atoms with van der Waals surface area (Å²) >= 11 is 7.68. The fourth-order valence-electron chi connectivity index (χ4n) is 10.8. The molecule has 0 bridgehead atoms. The molecule has 0 atom stereocenters. The van der Waals surface area contributed by atoms with Crippen molar-refractivity contribution in [3.8, 4) is 51.3 Å². The Morgan fingerprint density at radius 1 is 0.469 bits per heavy atom. The molecule has 5 heterocycles. The first kappa shape index (κ1) is 42.3. The Labute approximate surface area is 393 Å². The fourth-order valence-corrected chi connectivity index (χ4v) is 15.7. The molecule has 9 heteroatoms. The lowest BCUT2D eigenvalue weighted by Crippen LogP contribution is -2.83. The molecule has 10 rings (SSSR count). The van der Waals surface area contributed by atoms with E-state index in [0.29, 0.717) is 0 Å². The van der Waals surface area contributed by atoms with Gasteiger partial charge in [0.2, 0.25) is 5.01 Å². The van der Waals surface area contributed by atoms with E-state index in [-0.39, 0.29) is 0 Å². The van der Waals surface area contributed by atoms with E-state index < -0.39 is 6.28 Å². The summed E-state index contributed by atoms with van der Waals surface area (Å²) < 4.78 is 13.6. The van der Waals surface area contributed by atoms with Gasteiger partial charge in [0.15, 0.2) is 0 Å². The number of ether oxygens (including phenoxy) is 2. The van der Waals surface area contributed by atoms with Crippen LogP contribution in [0.2, 0.25) is 0 Å². The molecule has 0 spiro atoms. The van der Waals surface area contributed by atoms with E-state index in [9.17, 15) is 0 Å². The maximum atomic E-state index is 5.48. The summed E-state index contributed by atoms with van der Waals surface area (Å²) in [6.45, 7) is 18.3. The molecule has 5 aromatic carbocycles. The molecular weight excluding hydrogens is 860 g/mol. The monoisotopic (exact) mass is 910 g/mol. The second-order valence-corrected chi connectivity index (χ2v) is 21.5. The van der Waals surface area contributed by atoms with Crippen molar-refractivity contribution >= 4 is 85.1 Å².